The Balaban J connectivity index is 2.01. The van der Waals surface area contributed by atoms with Crippen LogP contribution in [0.4, 0.5) is 0 Å². The molecule has 1 amide bonds. The average Bonchev–Trinajstić information content (AvgIpc) is 2.44. The van der Waals surface area contributed by atoms with Gasteiger partial charge in [0.1, 0.15) is 0 Å². The quantitative estimate of drug-likeness (QED) is 0.906. The molecular formula is C15H19N3O2. The van der Waals surface area contributed by atoms with Gasteiger partial charge >= 0.3 is 0 Å². The van der Waals surface area contributed by atoms with E-state index >= 15 is 0 Å². The van der Waals surface area contributed by atoms with E-state index in [0.29, 0.717) is 11.8 Å². The molecule has 0 saturated heterocycles. The summed E-state index contributed by atoms with van der Waals surface area (Å²) < 4.78 is 5.48. The fourth-order valence-corrected chi connectivity index (χ4v) is 1.70. The van der Waals surface area contributed by atoms with Crippen molar-refractivity contribution in [3.63, 3.8) is 0 Å². The first-order valence-corrected chi connectivity index (χ1v) is 6.70. The fourth-order valence-electron chi connectivity index (χ4n) is 1.70. The third-order valence-electron chi connectivity index (χ3n) is 3.27. The lowest BCUT2D eigenvalue weighted by Gasteiger charge is -2.17. The van der Waals surface area contributed by atoms with E-state index in [1.165, 1.54) is 0 Å². The highest BCUT2D eigenvalue weighted by Gasteiger charge is 2.12. The summed E-state index contributed by atoms with van der Waals surface area (Å²) in [5, 5.41) is 12.5. The number of hydrogen-bond donors (Lipinski definition) is 1. The lowest BCUT2D eigenvalue weighted by Crippen LogP contribution is -2.39. The Labute approximate surface area is 118 Å². The Hall–Kier alpha value is -2.17. The van der Waals surface area contributed by atoms with E-state index in [2.05, 4.69) is 29.4 Å². The molecule has 2 rings (SSSR count). The van der Waals surface area contributed by atoms with Crippen LogP contribution in [-0.4, -0.2) is 28.8 Å². The molecule has 0 fully saturated rings. The summed E-state index contributed by atoms with van der Waals surface area (Å²) in [5.41, 5.74) is 0. The van der Waals surface area contributed by atoms with Crippen molar-refractivity contribution in [1.82, 2.24) is 15.5 Å². The molecule has 1 unspecified atom stereocenters. The van der Waals surface area contributed by atoms with Gasteiger partial charge in [0.2, 0.25) is 5.88 Å². The van der Waals surface area contributed by atoms with Gasteiger partial charge < -0.3 is 10.1 Å². The average molecular weight is 273 g/mol. The number of nitrogens with one attached hydrogen (secondary N) is 1. The van der Waals surface area contributed by atoms with E-state index in [9.17, 15) is 4.79 Å². The summed E-state index contributed by atoms with van der Waals surface area (Å²) >= 11 is 0. The van der Waals surface area contributed by atoms with Gasteiger partial charge in [0, 0.05) is 16.8 Å². The molecule has 20 heavy (non-hydrogen) atoms. The van der Waals surface area contributed by atoms with Crippen LogP contribution in [0.3, 0.4) is 0 Å². The van der Waals surface area contributed by atoms with Gasteiger partial charge in [-0.05, 0) is 18.9 Å². The zero-order valence-corrected chi connectivity index (χ0v) is 12.0. The summed E-state index contributed by atoms with van der Waals surface area (Å²) in [6.07, 6.45) is 1.67. The minimum Gasteiger partial charge on any atom is -0.466 e. The number of carbonyl (C=O) groups excluding carboxylic acids is 1. The highest BCUT2D eigenvalue weighted by Crippen LogP contribution is 2.20. The number of fused-ring (bicyclic) bond motifs is 1. The lowest BCUT2D eigenvalue weighted by molar-refractivity contribution is -0.124. The van der Waals surface area contributed by atoms with Gasteiger partial charge in [-0.3, -0.25) is 4.79 Å². The Morgan fingerprint density at radius 2 is 2.05 bits per heavy atom. The van der Waals surface area contributed by atoms with E-state index in [0.717, 1.165) is 10.8 Å². The maximum Gasteiger partial charge on any atom is 0.258 e. The van der Waals surface area contributed by atoms with Crippen LogP contribution >= 0.6 is 0 Å². The minimum atomic E-state index is -0.152. The summed E-state index contributed by atoms with van der Waals surface area (Å²) in [4.78, 5) is 11.8. The number of benzene rings is 1. The first kappa shape index (κ1) is 14.2. The van der Waals surface area contributed by atoms with E-state index in [1.807, 2.05) is 31.2 Å². The van der Waals surface area contributed by atoms with Crippen molar-refractivity contribution in [2.24, 2.45) is 5.92 Å². The van der Waals surface area contributed by atoms with Crippen LogP contribution < -0.4 is 10.1 Å². The zero-order valence-electron chi connectivity index (χ0n) is 12.0. The maximum absolute atomic E-state index is 11.8. The monoisotopic (exact) mass is 273 g/mol. The van der Waals surface area contributed by atoms with E-state index < -0.39 is 0 Å². The van der Waals surface area contributed by atoms with Crippen molar-refractivity contribution in [2.45, 2.75) is 26.8 Å². The molecule has 5 heteroatoms. The van der Waals surface area contributed by atoms with Gasteiger partial charge in [0.15, 0.2) is 6.61 Å². The standard InChI is InChI=1S/C15H19N3O2/c1-10(2)11(3)17-14(19)9-20-15-13-7-5-4-6-12(13)8-16-18-15/h4-8,10-11H,9H2,1-3H3,(H,17,19). The fraction of sp³-hybridized carbons (Fsp3) is 0.400. The second-order valence-electron chi connectivity index (χ2n) is 5.13. The van der Waals surface area contributed by atoms with Crippen LogP contribution in [0.25, 0.3) is 10.8 Å². The number of hydrogen-bond acceptors (Lipinski definition) is 4. The third kappa shape index (κ3) is 3.44. The first-order chi connectivity index (χ1) is 9.58. The molecule has 0 saturated carbocycles. The number of rotatable bonds is 5. The van der Waals surface area contributed by atoms with Gasteiger partial charge in [0.05, 0.1) is 6.20 Å². The topological polar surface area (TPSA) is 64.1 Å². The Kier molecular flexibility index (Phi) is 4.50. The highest BCUT2D eigenvalue weighted by atomic mass is 16.5. The predicted octanol–water partition coefficient (Wildman–Crippen LogP) is 2.17. The van der Waals surface area contributed by atoms with Crippen LogP contribution in [0, 0.1) is 5.92 Å². The molecule has 0 bridgehead atoms. The SMILES string of the molecule is CC(C)C(C)NC(=O)COc1nncc2ccccc12. The summed E-state index contributed by atoms with van der Waals surface area (Å²) in [5.74, 6) is 0.618. The molecule has 0 aliphatic carbocycles. The molecule has 1 N–H and O–H groups in total. The Bertz CT molecular complexity index is 593. The van der Waals surface area contributed by atoms with Crippen LogP contribution in [0.5, 0.6) is 5.88 Å². The molecule has 106 valence electrons. The van der Waals surface area contributed by atoms with Crippen molar-refractivity contribution >= 4 is 16.7 Å². The number of aromatic nitrogens is 2. The van der Waals surface area contributed by atoms with E-state index in [4.69, 9.17) is 4.74 Å². The number of amides is 1. The molecule has 0 spiro atoms. The van der Waals surface area contributed by atoms with Gasteiger partial charge in [-0.2, -0.15) is 5.10 Å². The molecule has 0 radical (unpaired) electrons. The highest BCUT2D eigenvalue weighted by molar-refractivity contribution is 5.86. The van der Waals surface area contributed by atoms with Crippen molar-refractivity contribution in [1.29, 1.82) is 0 Å². The molecule has 1 aromatic carbocycles. The molecule has 2 aromatic rings. The Morgan fingerprint density at radius 1 is 1.30 bits per heavy atom. The summed E-state index contributed by atoms with van der Waals surface area (Å²) in [6.45, 7) is 6.03. The molecule has 0 aliphatic heterocycles. The van der Waals surface area contributed by atoms with Crippen molar-refractivity contribution < 1.29 is 9.53 Å². The van der Waals surface area contributed by atoms with Crippen LogP contribution in [0.1, 0.15) is 20.8 Å². The molecule has 5 nitrogen and oxygen atoms in total. The summed E-state index contributed by atoms with van der Waals surface area (Å²) in [7, 11) is 0. The van der Waals surface area contributed by atoms with Gasteiger partial charge in [0.25, 0.3) is 5.91 Å². The van der Waals surface area contributed by atoms with Crippen molar-refractivity contribution in [2.75, 3.05) is 6.61 Å². The van der Waals surface area contributed by atoms with Crippen LogP contribution in [0.2, 0.25) is 0 Å². The minimum absolute atomic E-state index is 0.0558. The first-order valence-electron chi connectivity index (χ1n) is 6.70. The maximum atomic E-state index is 11.8. The number of carbonyl (C=O) groups is 1. The molecular weight excluding hydrogens is 254 g/mol. The van der Waals surface area contributed by atoms with Gasteiger partial charge in [-0.1, -0.05) is 32.0 Å². The number of ether oxygens (including phenoxy) is 1. The van der Waals surface area contributed by atoms with E-state index in [-0.39, 0.29) is 18.6 Å². The molecule has 1 heterocycles. The van der Waals surface area contributed by atoms with Crippen molar-refractivity contribution in [3.05, 3.63) is 30.5 Å². The van der Waals surface area contributed by atoms with Crippen molar-refractivity contribution in [3.8, 4) is 5.88 Å². The molecule has 1 aromatic heterocycles. The predicted molar refractivity (Wildman–Crippen MR) is 77.5 cm³/mol. The van der Waals surface area contributed by atoms with E-state index in [1.54, 1.807) is 6.20 Å². The smallest absolute Gasteiger partial charge is 0.258 e. The Morgan fingerprint density at radius 3 is 2.80 bits per heavy atom. The second-order valence-corrected chi connectivity index (χ2v) is 5.13. The second kappa shape index (κ2) is 6.32. The van der Waals surface area contributed by atoms with Crippen LogP contribution in [0.15, 0.2) is 30.5 Å². The van der Waals surface area contributed by atoms with Gasteiger partial charge in [-0.15, -0.1) is 5.10 Å². The largest absolute Gasteiger partial charge is 0.466 e. The summed E-state index contributed by atoms with van der Waals surface area (Å²) in [6, 6.07) is 7.76. The zero-order chi connectivity index (χ0) is 14.5. The molecule has 0 aliphatic rings. The lowest BCUT2D eigenvalue weighted by atomic mass is 10.1. The van der Waals surface area contributed by atoms with Gasteiger partial charge in [-0.25, -0.2) is 0 Å². The number of nitrogens with zero attached hydrogens (tertiary/aromatic N) is 2. The molecule has 1 atom stereocenters. The normalized spacial score (nSPS) is 12.4. The van der Waals surface area contributed by atoms with Crippen LogP contribution in [-0.2, 0) is 4.79 Å². The third-order valence-corrected chi connectivity index (χ3v) is 3.27.